The van der Waals surface area contributed by atoms with Gasteiger partial charge >= 0.3 is 0 Å². The van der Waals surface area contributed by atoms with E-state index < -0.39 is 46.6 Å². The molecule has 4 atom stereocenters. The highest BCUT2D eigenvalue weighted by Crippen LogP contribution is 2.52. The predicted molar refractivity (Wildman–Crippen MR) is 124 cm³/mol. The summed E-state index contributed by atoms with van der Waals surface area (Å²) >= 11 is 0. The number of nitro benzene ring substituents is 1. The summed E-state index contributed by atoms with van der Waals surface area (Å²) in [6.45, 7) is 1.90. The molecule has 2 aromatic rings. The Kier molecular flexibility index (Phi) is 5.38. The molecule has 35 heavy (non-hydrogen) atoms. The summed E-state index contributed by atoms with van der Waals surface area (Å²) in [4.78, 5) is 66.5. The molecule has 0 bridgehead atoms. The van der Waals surface area contributed by atoms with Crippen LogP contribution >= 0.6 is 0 Å². The van der Waals surface area contributed by atoms with Crippen LogP contribution < -0.4 is 10.6 Å². The van der Waals surface area contributed by atoms with Crippen molar-refractivity contribution in [2.24, 2.45) is 23.5 Å². The van der Waals surface area contributed by atoms with Gasteiger partial charge in [0.05, 0.1) is 28.5 Å². The summed E-state index contributed by atoms with van der Waals surface area (Å²) in [7, 11) is 0. The van der Waals surface area contributed by atoms with Crippen molar-refractivity contribution >= 4 is 35.0 Å². The minimum absolute atomic E-state index is 0.0475. The quantitative estimate of drug-likeness (QED) is 0.398. The molecule has 180 valence electrons. The van der Waals surface area contributed by atoms with Crippen LogP contribution in [-0.4, -0.2) is 39.5 Å². The Balaban J connectivity index is 1.63. The van der Waals surface area contributed by atoms with Crippen LogP contribution in [0.25, 0.3) is 0 Å². The lowest BCUT2D eigenvalue weighted by atomic mass is 9.83. The molecule has 3 fully saturated rings. The number of imide groups is 1. The number of likely N-dealkylation sites (tertiary alicyclic amines) is 1. The molecule has 0 aromatic heterocycles. The van der Waals surface area contributed by atoms with Crippen molar-refractivity contribution in [2.75, 3.05) is 4.90 Å². The zero-order valence-electron chi connectivity index (χ0n) is 19.0. The first-order valence-electron chi connectivity index (χ1n) is 11.5. The van der Waals surface area contributed by atoms with Crippen molar-refractivity contribution in [3.8, 4) is 0 Å². The number of fused-ring (bicyclic) bond motifs is 1. The van der Waals surface area contributed by atoms with E-state index >= 15 is 0 Å². The minimum atomic E-state index is -1.29. The van der Waals surface area contributed by atoms with E-state index in [1.807, 2.05) is 19.1 Å². The van der Waals surface area contributed by atoms with Crippen LogP contribution in [0, 0.1) is 34.8 Å². The summed E-state index contributed by atoms with van der Waals surface area (Å²) in [6, 6.07) is 10.3. The minimum Gasteiger partial charge on any atom is -0.368 e. The average molecular weight is 476 g/mol. The van der Waals surface area contributed by atoms with E-state index in [-0.39, 0.29) is 23.2 Å². The molecular weight excluding hydrogens is 452 g/mol. The van der Waals surface area contributed by atoms with Crippen LogP contribution in [0.2, 0.25) is 0 Å². The van der Waals surface area contributed by atoms with Crippen LogP contribution in [0.5, 0.6) is 0 Å². The Labute approximate surface area is 200 Å². The number of carbonyl (C=O) groups is 4. The van der Waals surface area contributed by atoms with E-state index in [1.165, 1.54) is 23.1 Å². The second kappa shape index (κ2) is 8.30. The predicted octanol–water partition coefficient (Wildman–Crippen LogP) is 2.25. The number of anilines is 1. The molecule has 4 unspecified atom stereocenters. The van der Waals surface area contributed by atoms with Crippen molar-refractivity contribution in [1.29, 1.82) is 0 Å². The Morgan fingerprint density at radius 1 is 1.03 bits per heavy atom. The summed E-state index contributed by atoms with van der Waals surface area (Å²) in [5.41, 5.74) is 7.13. The van der Waals surface area contributed by atoms with Gasteiger partial charge in [-0.3, -0.25) is 29.3 Å². The first kappa shape index (κ1) is 22.7. The number of amides is 4. The van der Waals surface area contributed by atoms with Gasteiger partial charge in [0.25, 0.3) is 5.69 Å². The van der Waals surface area contributed by atoms with Gasteiger partial charge < -0.3 is 10.6 Å². The van der Waals surface area contributed by atoms with Gasteiger partial charge in [0.1, 0.15) is 6.04 Å². The number of benzene rings is 2. The fraction of sp³-hybridized carbons (Fsp3) is 0.360. The molecule has 2 N–H and O–H groups in total. The average Bonchev–Trinajstić information content (AvgIpc) is 3.26. The molecule has 4 amide bonds. The Bertz CT molecular complexity index is 1250. The fourth-order valence-electron chi connectivity index (χ4n) is 5.48. The van der Waals surface area contributed by atoms with Gasteiger partial charge in [0, 0.05) is 18.1 Å². The highest BCUT2D eigenvalue weighted by Gasteiger charge is 2.65. The highest BCUT2D eigenvalue weighted by atomic mass is 16.6. The van der Waals surface area contributed by atoms with Gasteiger partial charge in [-0.15, -0.1) is 0 Å². The van der Waals surface area contributed by atoms with Gasteiger partial charge in [-0.2, -0.15) is 0 Å². The lowest BCUT2D eigenvalue weighted by Gasteiger charge is -2.37. The first-order chi connectivity index (χ1) is 16.7. The molecule has 2 aliphatic heterocycles. The largest absolute Gasteiger partial charge is 0.368 e. The molecule has 10 heteroatoms. The van der Waals surface area contributed by atoms with Crippen LogP contribution in [-0.2, 0) is 19.2 Å². The molecule has 10 nitrogen and oxygen atoms in total. The summed E-state index contributed by atoms with van der Waals surface area (Å²) in [5, 5.41) is 11.3. The first-order valence-corrected chi connectivity index (χ1v) is 11.5. The highest BCUT2D eigenvalue weighted by molar-refractivity contribution is 6.24. The second-order valence-electron chi connectivity index (χ2n) is 9.42. The Hall–Kier alpha value is -4.08. The number of carbonyl (C=O) groups excluding carboxylic acids is 4. The normalized spacial score (nSPS) is 26.0. The van der Waals surface area contributed by atoms with Crippen LogP contribution in [0.3, 0.4) is 0 Å². The lowest BCUT2D eigenvalue weighted by molar-refractivity contribution is -0.384. The van der Waals surface area contributed by atoms with Crippen LogP contribution in [0.15, 0.2) is 48.5 Å². The van der Waals surface area contributed by atoms with Crippen molar-refractivity contribution in [3.63, 3.8) is 0 Å². The number of nitrogens with two attached hydrogens (primary N) is 1. The number of hydrogen-bond donors (Lipinski definition) is 1. The molecule has 3 aliphatic rings. The van der Waals surface area contributed by atoms with Gasteiger partial charge in [-0.1, -0.05) is 42.3 Å². The molecule has 2 saturated heterocycles. The number of hydrogen-bond acceptors (Lipinski definition) is 6. The summed E-state index contributed by atoms with van der Waals surface area (Å²) < 4.78 is 0. The van der Waals surface area contributed by atoms with Gasteiger partial charge in [0.15, 0.2) is 0 Å². The number of primary amides is 1. The van der Waals surface area contributed by atoms with E-state index in [1.54, 1.807) is 12.1 Å². The SMILES string of the molecule is Cc1ccc(C2C3C(=O)N(c4cccc([N+](=O)[O-])c4)C(=O)C3C(C(N)=O)N2C(=O)C2CCC2)cc1. The maximum absolute atomic E-state index is 13.8. The number of nitro groups is 1. The van der Waals surface area contributed by atoms with E-state index in [9.17, 15) is 29.3 Å². The van der Waals surface area contributed by atoms with E-state index in [0.717, 1.165) is 23.0 Å². The smallest absolute Gasteiger partial charge is 0.271 e. The number of nitrogens with zero attached hydrogens (tertiary/aromatic N) is 3. The number of non-ortho nitro benzene ring substituents is 1. The topological polar surface area (TPSA) is 144 Å². The Morgan fingerprint density at radius 3 is 2.26 bits per heavy atom. The number of aryl methyl sites for hydroxylation is 1. The standard InChI is InChI=1S/C25H24N4O6/c1-13-8-10-14(11-9-13)20-18-19(21(22(26)30)28(20)23(31)15-4-2-5-15)25(33)27(24(18)32)16-6-3-7-17(12-16)29(34)35/h3,6-12,15,18-21H,2,4-5H2,1H3,(H2,26,30). The maximum atomic E-state index is 13.8. The maximum Gasteiger partial charge on any atom is 0.271 e. The summed E-state index contributed by atoms with van der Waals surface area (Å²) in [6.07, 6.45) is 2.25. The van der Waals surface area contributed by atoms with Crippen molar-refractivity contribution < 1.29 is 24.1 Å². The summed E-state index contributed by atoms with van der Waals surface area (Å²) in [5.74, 6) is -4.92. The van der Waals surface area contributed by atoms with Gasteiger partial charge in [-0.25, -0.2) is 4.90 Å². The molecule has 1 aliphatic carbocycles. The third kappa shape index (κ3) is 3.48. The molecule has 5 rings (SSSR count). The molecule has 0 radical (unpaired) electrons. The Morgan fingerprint density at radius 2 is 1.69 bits per heavy atom. The molecule has 2 aromatic carbocycles. The van der Waals surface area contributed by atoms with E-state index in [4.69, 9.17) is 5.73 Å². The van der Waals surface area contributed by atoms with Crippen LogP contribution in [0.1, 0.15) is 36.4 Å². The zero-order chi connectivity index (χ0) is 25.0. The lowest BCUT2D eigenvalue weighted by Crippen LogP contribution is -2.52. The van der Waals surface area contributed by atoms with Crippen molar-refractivity contribution in [1.82, 2.24) is 4.90 Å². The van der Waals surface area contributed by atoms with E-state index in [2.05, 4.69) is 0 Å². The molecular formula is C25H24N4O6. The van der Waals surface area contributed by atoms with E-state index in [0.29, 0.717) is 18.4 Å². The monoisotopic (exact) mass is 476 g/mol. The molecule has 2 heterocycles. The van der Waals surface area contributed by atoms with Gasteiger partial charge in [-0.05, 0) is 31.4 Å². The van der Waals surface area contributed by atoms with Gasteiger partial charge in [0.2, 0.25) is 23.6 Å². The number of rotatable bonds is 5. The third-order valence-electron chi connectivity index (χ3n) is 7.40. The van der Waals surface area contributed by atoms with Crippen molar-refractivity contribution in [2.45, 2.75) is 38.3 Å². The fourth-order valence-corrected chi connectivity index (χ4v) is 5.48. The third-order valence-corrected chi connectivity index (χ3v) is 7.40. The molecule has 1 saturated carbocycles. The molecule has 0 spiro atoms. The zero-order valence-corrected chi connectivity index (χ0v) is 19.0. The van der Waals surface area contributed by atoms with Crippen molar-refractivity contribution in [3.05, 3.63) is 69.8 Å². The second-order valence-corrected chi connectivity index (χ2v) is 9.42. The van der Waals surface area contributed by atoms with Crippen LogP contribution in [0.4, 0.5) is 11.4 Å².